The lowest BCUT2D eigenvalue weighted by molar-refractivity contribution is -0.384. The second-order valence-electron chi connectivity index (χ2n) is 4.30. The summed E-state index contributed by atoms with van der Waals surface area (Å²) in [7, 11) is 0. The van der Waals surface area contributed by atoms with Crippen molar-refractivity contribution in [2.75, 3.05) is 6.61 Å². The van der Waals surface area contributed by atoms with Gasteiger partial charge in [-0.25, -0.2) is 0 Å². The second kappa shape index (κ2) is 7.05. The fourth-order valence-corrected chi connectivity index (χ4v) is 2.14. The van der Waals surface area contributed by atoms with Crippen molar-refractivity contribution in [1.29, 1.82) is 0 Å². The van der Waals surface area contributed by atoms with E-state index in [9.17, 15) is 10.1 Å². The van der Waals surface area contributed by atoms with Crippen LogP contribution in [0.4, 0.5) is 5.69 Å². The van der Waals surface area contributed by atoms with Gasteiger partial charge in [0, 0.05) is 23.9 Å². The number of halogens is 1. The Morgan fingerprint density at radius 2 is 1.85 bits per heavy atom. The lowest BCUT2D eigenvalue weighted by Crippen LogP contribution is -2.01. The molecule has 4 nitrogen and oxygen atoms in total. The molecule has 0 aromatic heterocycles. The minimum absolute atomic E-state index is 0.111. The number of hydrogen-bond acceptors (Lipinski definition) is 3. The predicted octanol–water partition coefficient (Wildman–Crippen LogP) is 4.11. The molecule has 0 fully saturated rings. The molecule has 0 bridgehead atoms. The molecule has 20 heavy (non-hydrogen) atoms. The molecule has 0 radical (unpaired) electrons. The van der Waals surface area contributed by atoms with Gasteiger partial charge >= 0.3 is 0 Å². The van der Waals surface area contributed by atoms with Gasteiger partial charge in [0.2, 0.25) is 0 Å². The highest BCUT2D eigenvalue weighted by Crippen LogP contribution is 2.16. The number of alkyl halides is 1. The number of ether oxygens (including phenoxy) is 1. The van der Waals surface area contributed by atoms with Crippen LogP contribution in [0.3, 0.4) is 0 Å². The van der Waals surface area contributed by atoms with Crippen LogP contribution in [0.5, 0.6) is 5.75 Å². The van der Waals surface area contributed by atoms with E-state index < -0.39 is 4.92 Å². The van der Waals surface area contributed by atoms with Crippen molar-refractivity contribution in [1.82, 2.24) is 0 Å². The molecule has 0 unspecified atom stereocenters. The van der Waals surface area contributed by atoms with Crippen molar-refractivity contribution in [2.24, 2.45) is 0 Å². The van der Waals surface area contributed by atoms with Gasteiger partial charge in [-0.3, -0.25) is 10.1 Å². The van der Waals surface area contributed by atoms with Crippen molar-refractivity contribution < 1.29 is 9.66 Å². The number of nitro benzene ring substituents is 1. The van der Waals surface area contributed by atoms with E-state index in [0.717, 1.165) is 28.6 Å². The normalized spacial score (nSPS) is 10.2. The monoisotopic (exact) mass is 335 g/mol. The molecule has 0 aliphatic carbocycles. The van der Waals surface area contributed by atoms with E-state index in [2.05, 4.69) is 15.9 Å². The first-order valence-electron chi connectivity index (χ1n) is 6.20. The maximum absolute atomic E-state index is 10.5. The van der Waals surface area contributed by atoms with Crippen LogP contribution in [0, 0.1) is 10.1 Å². The molecular weight excluding hydrogens is 322 g/mol. The molecule has 0 saturated heterocycles. The van der Waals surface area contributed by atoms with Crippen LogP contribution in [-0.4, -0.2) is 11.5 Å². The van der Waals surface area contributed by atoms with Gasteiger partial charge in [-0.15, -0.1) is 0 Å². The van der Waals surface area contributed by atoms with E-state index >= 15 is 0 Å². The molecule has 0 spiro atoms. The van der Waals surface area contributed by atoms with Gasteiger partial charge in [-0.1, -0.05) is 40.2 Å². The molecule has 0 atom stereocenters. The highest BCUT2D eigenvalue weighted by atomic mass is 79.9. The summed E-state index contributed by atoms with van der Waals surface area (Å²) in [6.07, 6.45) is 0.719. The molecule has 104 valence electrons. The topological polar surface area (TPSA) is 52.4 Å². The van der Waals surface area contributed by atoms with Gasteiger partial charge < -0.3 is 4.74 Å². The minimum Gasteiger partial charge on any atom is -0.493 e. The number of nitrogens with zero attached hydrogens (tertiary/aromatic N) is 1. The third-order valence-electron chi connectivity index (χ3n) is 2.86. The number of nitro groups is 1. The van der Waals surface area contributed by atoms with Crippen LogP contribution in [0.25, 0.3) is 0 Å². The average molecular weight is 336 g/mol. The number of hydrogen-bond donors (Lipinski definition) is 0. The van der Waals surface area contributed by atoms with Crippen molar-refractivity contribution in [3.05, 3.63) is 69.8 Å². The van der Waals surface area contributed by atoms with Crippen molar-refractivity contribution >= 4 is 21.6 Å². The minimum atomic E-state index is -0.397. The summed E-state index contributed by atoms with van der Waals surface area (Å²) in [5.74, 6) is 0.837. The molecule has 0 amide bonds. The van der Waals surface area contributed by atoms with Crippen molar-refractivity contribution in [3.8, 4) is 5.75 Å². The van der Waals surface area contributed by atoms with Gasteiger partial charge in [-0.2, -0.15) is 0 Å². The number of benzene rings is 2. The van der Waals surface area contributed by atoms with E-state index in [1.165, 1.54) is 12.1 Å². The largest absolute Gasteiger partial charge is 0.493 e. The molecule has 0 heterocycles. The zero-order valence-corrected chi connectivity index (χ0v) is 12.4. The Morgan fingerprint density at radius 1 is 1.10 bits per heavy atom. The van der Waals surface area contributed by atoms with Crippen LogP contribution in [0.15, 0.2) is 48.5 Å². The fourth-order valence-electron chi connectivity index (χ4n) is 1.79. The Kier molecular flexibility index (Phi) is 5.12. The van der Waals surface area contributed by atoms with Gasteiger partial charge in [0.15, 0.2) is 0 Å². The molecule has 2 aromatic rings. The summed E-state index contributed by atoms with van der Waals surface area (Å²) >= 11 is 3.40. The molecule has 0 aliphatic heterocycles. The Balaban J connectivity index is 1.87. The lowest BCUT2D eigenvalue weighted by atomic mass is 10.1. The van der Waals surface area contributed by atoms with E-state index in [1.54, 1.807) is 12.1 Å². The standard InChI is InChI=1S/C15H14BrNO3/c16-11-13-2-1-3-15(10-13)20-9-8-12-4-6-14(7-5-12)17(18)19/h1-7,10H,8-9,11H2. The van der Waals surface area contributed by atoms with Crippen LogP contribution in [-0.2, 0) is 11.8 Å². The molecule has 2 aromatic carbocycles. The first kappa shape index (κ1) is 14.5. The van der Waals surface area contributed by atoms with Gasteiger partial charge in [0.1, 0.15) is 5.75 Å². The van der Waals surface area contributed by atoms with Gasteiger partial charge in [-0.05, 0) is 23.3 Å². The molecule has 0 N–H and O–H groups in total. The Morgan fingerprint density at radius 3 is 2.50 bits per heavy atom. The maximum Gasteiger partial charge on any atom is 0.269 e. The maximum atomic E-state index is 10.5. The number of non-ortho nitro benzene ring substituents is 1. The smallest absolute Gasteiger partial charge is 0.269 e. The first-order chi connectivity index (χ1) is 9.69. The second-order valence-corrected chi connectivity index (χ2v) is 4.86. The summed E-state index contributed by atoms with van der Waals surface area (Å²) in [4.78, 5) is 10.2. The van der Waals surface area contributed by atoms with E-state index in [1.807, 2.05) is 24.3 Å². The van der Waals surface area contributed by atoms with Crippen LogP contribution in [0.1, 0.15) is 11.1 Å². The predicted molar refractivity (Wildman–Crippen MR) is 81.4 cm³/mol. The summed E-state index contributed by atoms with van der Waals surface area (Å²) in [5.41, 5.74) is 2.30. The molecule has 5 heteroatoms. The van der Waals surface area contributed by atoms with Gasteiger partial charge in [0.05, 0.1) is 11.5 Å². The van der Waals surface area contributed by atoms with E-state index in [0.29, 0.717) is 6.61 Å². The highest BCUT2D eigenvalue weighted by Gasteiger charge is 2.04. The van der Waals surface area contributed by atoms with Crippen LogP contribution >= 0.6 is 15.9 Å². The first-order valence-corrected chi connectivity index (χ1v) is 7.32. The number of rotatable bonds is 6. The zero-order valence-electron chi connectivity index (χ0n) is 10.8. The summed E-state index contributed by atoms with van der Waals surface area (Å²) in [5, 5.41) is 11.3. The van der Waals surface area contributed by atoms with E-state index in [4.69, 9.17) is 4.74 Å². The van der Waals surface area contributed by atoms with Crippen LogP contribution in [0.2, 0.25) is 0 Å². The Labute approximate surface area is 125 Å². The van der Waals surface area contributed by atoms with Gasteiger partial charge in [0.25, 0.3) is 5.69 Å². The van der Waals surface area contributed by atoms with Crippen molar-refractivity contribution in [3.63, 3.8) is 0 Å². The summed E-state index contributed by atoms with van der Waals surface area (Å²) in [6.45, 7) is 0.545. The summed E-state index contributed by atoms with van der Waals surface area (Å²) < 4.78 is 5.68. The Hall–Kier alpha value is -1.88. The Bertz CT molecular complexity index is 584. The SMILES string of the molecule is O=[N+]([O-])c1ccc(CCOc2cccc(CBr)c2)cc1. The highest BCUT2D eigenvalue weighted by molar-refractivity contribution is 9.08. The summed E-state index contributed by atoms with van der Waals surface area (Å²) in [6, 6.07) is 14.4. The average Bonchev–Trinajstić information content (AvgIpc) is 2.48. The van der Waals surface area contributed by atoms with E-state index in [-0.39, 0.29) is 5.69 Å². The fraction of sp³-hybridized carbons (Fsp3) is 0.200. The zero-order chi connectivity index (χ0) is 14.4. The molecule has 2 rings (SSSR count). The third kappa shape index (κ3) is 4.06. The quantitative estimate of drug-likeness (QED) is 0.453. The van der Waals surface area contributed by atoms with Crippen LogP contribution < -0.4 is 4.74 Å². The third-order valence-corrected chi connectivity index (χ3v) is 3.51. The molecule has 0 saturated carbocycles. The lowest BCUT2D eigenvalue weighted by Gasteiger charge is -2.07. The molecule has 0 aliphatic rings. The molecular formula is C15H14BrNO3. The van der Waals surface area contributed by atoms with Crippen molar-refractivity contribution in [2.45, 2.75) is 11.8 Å².